The molecule has 47 heavy (non-hydrogen) atoms. The molecular formula is C39H59NO7. The molecule has 262 valence electrons. The van der Waals surface area contributed by atoms with E-state index in [4.69, 9.17) is 14.2 Å². The molecule has 4 N–H and O–H groups in total. The number of allylic oxidation sites excluding steroid dienone is 1. The molecule has 0 aromatic heterocycles. The van der Waals surface area contributed by atoms with Gasteiger partial charge in [0.2, 0.25) is 0 Å². The summed E-state index contributed by atoms with van der Waals surface area (Å²) in [6, 6.07) is 7.48. The number of para-hydroxylation sites is 1. The fourth-order valence-electron chi connectivity index (χ4n) is 11.9. The van der Waals surface area contributed by atoms with E-state index in [9.17, 15) is 20.1 Å². The number of methoxy groups -OCH3 is 1. The largest absolute Gasteiger partial charge is 0.458 e. The number of esters is 1. The highest BCUT2D eigenvalue weighted by Crippen LogP contribution is 2.73. The smallest absolute Gasteiger partial charge is 0.340 e. The maximum absolute atomic E-state index is 13.5. The molecule has 0 bridgehead atoms. The summed E-state index contributed by atoms with van der Waals surface area (Å²) in [5.41, 5.74) is 0.603. The van der Waals surface area contributed by atoms with Crippen LogP contribution in [0.1, 0.15) is 104 Å². The van der Waals surface area contributed by atoms with E-state index < -0.39 is 30.2 Å². The van der Waals surface area contributed by atoms with Gasteiger partial charge in [-0.25, -0.2) is 4.79 Å². The highest BCUT2D eigenvalue weighted by atomic mass is 16.7. The summed E-state index contributed by atoms with van der Waals surface area (Å²) in [6.07, 6.45) is 5.68. The van der Waals surface area contributed by atoms with Gasteiger partial charge in [0.05, 0.1) is 23.4 Å². The topological polar surface area (TPSA) is 117 Å². The van der Waals surface area contributed by atoms with Gasteiger partial charge in [-0.3, -0.25) is 0 Å². The van der Waals surface area contributed by atoms with Crippen LogP contribution in [0, 0.1) is 45.3 Å². The second-order valence-corrected chi connectivity index (χ2v) is 17.4. The van der Waals surface area contributed by atoms with Crippen molar-refractivity contribution >= 4 is 11.7 Å². The van der Waals surface area contributed by atoms with Crippen LogP contribution in [0.2, 0.25) is 0 Å². The van der Waals surface area contributed by atoms with Gasteiger partial charge in [-0.15, -0.1) is 0 Å². The number of carbonyl (C=O) groups excluding carboxylic acids is 1. The van der Waals surface area contributed by atoms with Crippen molar-refractivity contribution in [1.29, 1.82) is 0 Å². The minimum Gasteiger partial charge on any atom is -0.458 e. The van der Waals surface area contributed by atoms with Gasteiger partial charge >= 0.3 is 5.97 Å². The number of aliphatic hydroxyl groups is 3. The minimum absolute atomic E-state index is 0.0169. The highest BCUT2D eigenvalue weighted by Gasteiger charge is 2.69. The molecule has 6 rings (SSSR count). The van der Waals surface area contributed by atoms with Crippen LogP contribution in [-0.4, -0.2) is 71.8 Å². The number of benzene rings is 1. The number of hydrogen-bond acceptors (Lipinski definition) is 8. The van der Waals surface area contributed by atoms with E-state index in [1.54, 1.807) is 21.0 Å². The zero-order valence-electron chi connectivity index (χ0n) is 30.0. The fraction of sp³-hybridized carbons (Fsp3) is 0.769. The Morgan fingerprint density at radius 1 is 1.06 bits per heavy atom. The summed E-state index contributed by atoms with van der Waals surface area (Å²) in [5, 5.41) is 36.9. The van der Waals surface area contributed by atoms with Crippen molar-refractivity contribution in [2.45, 2.75) is 130 Å². The van der Waals surface area contributed by atoms with Crippen molar-refractivity contribution in [1.82, 2.24) is 0 Å². The Morgan fingerprint density at radius 2 is 1.77 bits per heavy atom. The van der Waals surface area contributed by atoms with Crippen molar-refractivity contribution < 1.29 is 34.3 Å². The first-order valence-corrected chi connectivity index (χ1v) is 17.9. The van der Waals surface area contributed by atoms with E-state index in [2.05, 4.69) is 46.0 Å². The lowest BCUT2D eigenvalue weighted by atomic mass is 9.37. The molecule has 5 aliphatic rings. The van der Waals surface area contributed by atoms with Gasteiger partial charge in [-0.2, -0.15) is 0 Å². The van der Waals surface area contributed by atoms with E-state index in [0.717, 1.165) is 37.8 Å². The summed E-state index contributed by atoms with van der Waals surface area (Å²) in [5.74, 6) is 0.522. The third kappa shape index (κ3) is 5.22. The lowest BCUT2D eigenvalue weighted by Gasteiger charge is -2.68. The molecule has 0 spiro atoms. The van der Waals surface area contributed by atoms with E-state index in [1.807, 2.05) is 31.3 Å². The molecule has 8 heteroatoms. The van der Waals surface area contributed by atoms with Gasteiger partial charge in [0, 0.05) is 36.6 Å². The van der Waals surface area contributed by atoms with Crippen molar-refractivity contribution in [2.75, 3.05) is 19.5 Å². The van der Waals surface area contributed by atoms with Crippen LogP contribution in [0.25, 0.3) is 0 Å². The van der Waals surface area contributed by atoms with Crippen LogP contribution in [0.4, 0.5) is 5.69 Å². The predicted molar refractivity (Wildman–Crippen MR) is 182 cm³/mol. The summed E-state index contributed by atoms with van der Waals surface area (Å²) in [6.45, 7) is 14.9. The normalized spacial score (nSPS) is 43.3. The third-order valence-corrected chi connectivity index (χ3v) is 14.3. The first kappa shape index (κ1) is 34.9. The van der Waals surface area contributed by atoms with Crippen LogP contribution in [0.5, 0.6) is 0 Å². The summed E-state index contributed by atoms with van der Waals surface area (Å²) in [7, 11) is 3.48. The van der Waals surface area contributed by atoms with E-state index >= 15 is 0 Å². The van der Waals surface area contributed by atoms with Gasteiger partial charge in [0.15, 0.2) is 6.29 Å². The molecule has 4 aliphatic carbocycles. The second kappa shape index (κ2) is 11.8. The Bertz CT molecular complexity index is 1390. The second-order valence-electron chi connectivity index (χ2n) is 17.4. The summed E-state index contributed by atoms with van der Waals surface area (Å²) < 4.78 is 18.4. The van der Waals surface area contributed by atoms with Crippen molar-refractivity contribution in [3.05, 3.63) is 41.5 Å². The zero-order chi connectivity index (χ0) is 34.3. The molecule has 8 nitrogen and oxygen atoms in total. The molecule has 1 aliphatic heterocycles. The molecule has 12 atom stereocenters. The molecule has 0 radical (unpaired) electrons. The minimum atomic E-state index is -1.27. The van der Waals surface area contributed by atoms with Gasteiger partial charge in [-0.1, -0.05) is 58.4 Å². The molecule has 1 saturated heterocycles. The number of rotatable bonds is 7. The quantitative estimate of drug-likeness (QED) is 0.199. The summed E-state index contributed by atoms with van der Waals surface area (Å²) >= 11 is 0. The van der Waals surface area contributed by atoms with Crippen molar-refractivity contribution in [3.8, 4) is 0 Å². The molecule has 0 amide bonds. The highest BCUT2D eigenvalue weighted by molar-refractivity contribution is 5.95. The van der Waals surface area contributed by atoms with Crippen LogP contribution in [-0.2, 0) is 14.2 Å². The van der Waals surface area contributed by atoms with E-state index in [0.29, 0.717) is 24.3 Å². The molecular weight excluding hydrogens is 594 g/mol. The molecule has 3 saturated carbocycles. The van der Waals surface area contributed by atoms with Gasteiger partial charge in [0.1, 0.15) is 12.2 Å². The number of carbonyl (C=O) groups is 1. The zero-order valence-corrected chi connectivity index (χ0v) is 30.0. The van der Waals surface area contributed by atoms with Crippen LogP contribution in [0.15, 0.2) is 35.9 Å². The molecule has 4 fully saturated rings. The van der Waals surface area contributed by atoms with E-state index in [-0.39, 0.29) is 51.5 Å². The fourth-order valence-corrected chi connectivity index (χ4v) is 11.9. The van der Waals surface area contributed by atoms with Gasteiger partial charge < -0.3 is 34.8 Å². The Balaban J connectivity index is 1.24. The Kier molecular flexibility index (Phi) is 8.78. The first-order chi connectivity index (χ1) is 21.9. The molecule has 1 heterocycles. The Labute approximate surface area is 281 Å². The number of aliphatic hydroxyl groups excluding tert-OH is 2. The van der Waals surface area contributed by atoms with Crippen LogP contribution in [0.3, 0.4) is 0 Å². The number of anilines is 1. The third-order valence-electron chi connectivity index (χ3n) is 14.3. The van der Waals surface area contributed by atoms with Gasteiger partial charge in [-0.05, 0) is 99.5 Å². The lowest BCUT2D eigenvalue weighted by Crippen LogP contribution is -2.65. The predicted octanol–water partition coefficient (Wildman–Crippen LogP) is 6.34. The SMILES string of the molecule is CNc1ccccc1C(=O)OC1CCC2(C)C(CC(O)C3(C)C4=CCC(C5CC(C(O)C(C)(C)O)OC5OC)C4(C)CCC23)C1(C)C. The van der Waals surface area contributed by atoms with Gasteiger partial charge in [0.25, 0.3) is 0 Å². The first-order valence-electron chi connectivity index (χ1n) is 17.9. The Hall–Kier alpha value is -1.97. The molecule has 12 unspecified atom stereocenters. The molecule has 1 aromatic rings. The monoisotopic (exact) mass is 653 g/mol. The summed E-state index contributed by atoms with van der Waals surface area (Å²) in [4.78, 5) is 13.5. The Morgan fingerprint density at radius 3 is 2.43 bits per heavy atom. The van der Waals surface area contributed by atoms with Crippen molar-refractivity contribution in [2.24, 2.45) is 45.3 Å². The maximum atomic E-state index is 13.5. The van der Waals surface area contributed by atoms with Crippen LogP contribution >= 0.6 is 0 Å². The van der Waals surface area contributed by atoms with Crippen LogP contribution < -0.4 is 5.32 Å². The standard InChI is InChI=1S/C39H59NO7/c1-35(2)29-21-30(41)39(7)27-15-14-24(23-20-26(46-34(23)45-9)32(42)36(3,4)44)37(27,5)18-16-28(39)38(29,6)19-17-31(35)47-33(43)22-12-10-11-13-25(22)40-8/h10-13,15,23-24,26,28-32,34,40-42,44H,14,16-21H2,1-9H3. The average molecular weight is 654 g/mol. The number of nitrogens with one attached hydrogen (secondary N) is 1. The number of ether oxygens (including phenoxy) is 3. The number of fused-ring (bicyclic) bond motifs is 5. The average Bonchev–Trinajstić information content (AvgIpc) is 3.60. The van der Waals surface area contributed by atoms with E-state index in [1.165, 1.54) is 5.57 Å². The lowest BCUT2D eigenvalue weighted by molar-refractivity contribution is -0.214. The number of hydrogen-bond donors (Lipinski definition) is 4. The molecule has 1 aromatic carbocycles. The maximum Gasteiger partial charge on any atom is 0.340 e. The van der Waals surface area contributed by atoms with Crippen molar-refractivity contribution in [3.63, 3.8) is 0 Å².